The molecule has 0 aliphatic carbocycles. The van der Waals surface area contributed by atoms with E-state index in [-0.39, 0.29) is 5.56 Å². The maximum Gasteiger partial charge on any atom is 0.254 e. The summed E-state index contributed by atoms with van der Waals surface area (Å²) < 4.78 is 26.0. The van der Waals surface area contributed by atoms with Gasteiger partial charge in [0.25, 0.3) is 5.91 Å². The van der Waals surface area contributed by atoms with Crippen molar-refractivity contribution in [2.24, 2.45) is 0 Å². The molecule has 0 atom stereocenters. The Morgan fingerprint density at radius 2 is 2.22 bits per heavy atom. The van der Waals surface area contributed by atoms with Crippen LogP contribution in [0.4, 0.5) is 8.78 Å². The Balaban J connectivity index is 1.91. The third-order valence-corrected chi connectivity index (χ3v) is 3.12. The molecular formula is C12H10F2N2OS. The second-order valence-electron chi connectivity index (χ2n) is 3.56. The lowest BCUT2D eigenvalue weighted by molar-refractivity contribution is 0.0950. The third kappa shape index (κ3) is 3.10. The fourth-order valence-corrected chi connectivity index (χ4v) is 2.05. The Morgan fingerprint density at radius 3 is 2.89 bits per heavy atom. The van der Waals surface area contributed by atoms with Crippen LogP contribution in [0.15, 0.2) is 29.8 Å². The van der Waals surface area contributed by atoms with Gasteiger partial charge < -0.3 is 5.32 Å². The molecule has 0 aliphatic rings. The fourth-order valence-electron chi connectivity index (χ4n) is 1.43. The largest absolute Gasteiger partial charge is 0.352 e. The number of rotatable bonds is 4. The van der Waals surface area contributed by atoms with Crippen molar-refractivity contribution in [1.82, 2.24) is 10.3 Å². The molecule has 3 nitrogen and oxygen atoms in total. The van der Waals surface area contributed by atoms with E-state index in [1.807, 2.05) is 5.38 Å². The molecular weight excluding hydrogens is 258 g/mol. The van der Waals surface area contributed by atoms with Crippen LogP contribution < -0.4 is 5.32 Å². The minimum absolute atomic E-state index is 0.157. The number of halogens is 2. The number of nitrogens with one attached hydrogen (secondary N) is 1. The van der Waals surface area contributed by atoms with E-state index >= 15 is 0 Å². The predicted octanol–water partition coefficient (Wildman–Crippen LogP) is 2.39. The summed E-state index contributed by atoms with van der Waals surface area (Å²) >= 11 is 1.49. The Morgan fingerprint density at radius 1 is 1.39 bits per heavy atom. The quantitative estimate of drug-likeness (QED) is 0.925. The van der Waals surface area contributed by atoms with Crippen LogP contribution in [0.3, 0.4) is 0 Å². The smallest absolute Gasteiger partial charge is 0.254 e. The molecule has 94 valence electrons. The van der Waals surface area contributed by atoms with Gasteiger partial charge in [-0.1, -0.05) is 0 Å². The van der Waals surface area contributed by atoms with Gasteiger partial charge in [-0.2, -0.15) is 0 Å². The van der Waals surface area contributed by atoms with E-state index in [9.17, 15) is 13.6 Å². The summed E-state index contributed by atoms with van der Waals surface area (Å²) in [5.41, 5.74) is -0.157. The van der Waals surface area contributed by atoms with Crippen LogP contribution in [-0.2, 0) is 6.42 Å². The van der Waals surface area contributed by atoms with Gasteiger partial charge in [-0.3, -0.25) is 4.79 Å². The van der Waals surface area contributed by atoms with Crippen LogP contribution in [0.5, 0.6) is 0 Å². The number of amides is 1. The number of carbonyl (C=O) groups is 1. The van der Waals surface area contributed by atoms with Gasteiger partial charge >= 0.3 is 0 Å². The monoisotopic (exact) mass is 268 g/mol. The van der Waals surface area contributed by atoms with Crippen molar-refractivity contribution in [3.63, 3.8) is 0 Å². The van der Waals surface area contributed by atoms with E-state index in [1.165, 1.54) is 11.3 Å². The molecule has 0 spiro atoms. The summed E-state index contributed by atoms with van der Waals surface area (Å²) in [6, 6.07) is 2.87. The van der Waals surface area contributed by atoms with E-state index in [4.69, 9.17) is 0 Å². The number of thiazole rings is 1. The first-order chi connectivity index (χ1) is 8.66. The molecule has 1 heterocycles. The first kappa shape index (κ1) is 12.6. The van der Waals surface area contributed by atoms with Gasteiger partial charge in [0, 0.05) is 30.6 Å². The highest BCUT2D eigenvalue weighted by Crippen LogP contribution is 2.09. The molecule has 0 bridgehead atoms. The molecule has 0 unspecified atom stereocenters. The van der Waals surface area contributed by atoms with Crippen molar-refractivity contribution in [2.75, 3.05) is 6.54 Å². The zero-order chi connectivity index (χ0) is 13.0. The average molecular weight is 268 g/mol. The van der Waals surface area contributed by atoms with Gasteiger partial charge in [0.15, 0.2) is 0 Å². The van der Waals surface area contributed by atoms with Crippen molar-refractivity contribution < 1.29 is 13.6 Å². The number of hydrogen-bond acceptors (Lipinski definition) is 3. The van der Waals surface area contributed by atoms with Gasteiger partial charge in [-0.15, -0.1) is 11.3 Å². The summed E-state index contributed by atoms with van der Waals surface area (Å²) in [6.07, 6.45) is 2.27. The first-order valence-electron chi connectivity index (χ1n) is 5.28. The van der Waals surface area contributed by atoms with Crippen LogP contribution in [-0.4, -0.2) is 17.4 Å². The highest BCUT2D eigenvalue weighted by molar-refractivity contribution is 7.09. The van der Waals surface area contributed by atoms with Gasteiger partial charge in [0.2, 0.25) is 0 Å². The summed E-state index contributed by atoms with van der Waals surface area (Å²) in [4.78, 5) is 15.7. The standard InChI is InChI=1S/C12H10F2N2OS/c13-8-1-2-9(10(14)7-8)12(17)16-4-3-11-15-5-6-18-11/h1-2,5-7H,3-4H2,(H,16,17). The summed E-state index contributed by atoms with van der Waals surface area (Å²) in [5, 5.41) is 5.30. The van der Waals surface area contributed by atoms with E-state index in [0.29, 0.717) is 19.0 Å². The van der Waals surface area contributed by atoms with Crippen molar-refractivity contribution in [2.45, 2.75) is 6.42 Å². The van der Waals surface area contributed by atoms with E-state index in [0.717, 1.165) is 17.1 Å². The van der Waals surface area contributed by atoms with Crippen LogP contribution in [0.25, 0.3) is 0 Å². The summed E-state index contributed by atoms with van der Waals surface area (Å²) in [5.74, 6) is -2.11. The lowest BCUT2D eigenvalue weighted by Crippen LogP contribution is -2.26. The number of nitrogens with zero attached hydrogens (tertiary/aromatic N) is 1. The minimum atomic E-state index is -0.859. The normalized spacial score (nSPS) is 10.3. The minimum Gasteiger partial charge on any atom is -0.352 e. The van der Waals surface area contributed by atoms with E-state index in [1.54, 1.807) is 6.20 Å². The predicted molar refractivity (Wildman–Crippen MR) is 64.5 cm³/mol. The Hall–Kier alpha value is -1.82. The van der Waals surface area contributed by atoms with Gasteiger partial charge in [0.1, 0.15) is 11.6 Å². The molecule has 0 radical (unpaired) electrons. The number of carbonyl (C=O) groups excluding carboxylic acids is 1. The topological polar surface area (TPSA) is 42.0 Å². The maximum atomic E-state index is 13.3. The van der Waals surface area contributed by atoms with E-state index in [2.05, 4.69) is 10.3 Å². The first-order valence-corrected chi connectivity index (χ1v) is 6.16. The molecule has 18 heavy (non-hydrogen) atoms. The average Bonchev–Trinajstić information content (AvgIpc) is 2.81. The molecule has 0 fully saturated rings. The highest BCUT2D eigenvalue weighted by atomic mass is 32.1. The Labute approximate surface area is 106 Å². The van der Waals surface area contributed by atoms with Gasteiger partial charge in [0.05, 0.1) is 10.6 Å². The maximum absolute atomic E-state index is 13.3. The molecule has 1 amide bonds. The van der Waals surface area contributed by atoms with Crippen molar-refractivity contribution in [1.29, 1.82) is 0 Å². The molecule has 1 N–H and O–H groups in total. The zero-order valence-electron chi connectivity index (χ0n) is 9.32. The number of aromatic nitrogens is 1. The molecule has 0 saturated carbocycles. The van der Waals surface area contributed by atoms with Crippen LogP contribution in [0.2, 0.25) is 0 Å². The lowest BCUT2D eigenvalue weighted by atomic mass is 10.2. The third-order valence-electron chi connectivity index (χ3n) is 2.28. The van der Waals surface area contributed by atoms with Crippen LogP contribution in [0.1, 0.15) is 15.4 Å². The molecule has 2 rings (SSSR count). The highest BCUT2D eigenvalue weighted by Gasteiger charge is 2.11. The fraction of sp³-hybridized carbons (Fsp3) is 0.167. The van der Waals surface area contributed by atoms with E-state index < -0.39 is 17.5 Å². The SMILES string of the molecule is O=C(NCCc1nccs1)c1ccc(F)cc1F. The molecule has 0 saturated heterocycles. The van der Waals surface area contributed by atoms with Crippen molar-refractivity contribution in [3.05, 3.63) is 52.0 Å². The Bertz CT molecular complexity index is 543. The molecule has 0 aliphatic heterocycles. The number of benzene rings is 1. The lowest BCUT2D eigenvalue weighted by Gasteiger charge is -2.05. The summed E-state index contributed by atoms with van der Waals surface area (Å²) in [6.45, 7) is 0.364. The summed E-state index contributed by atoms with van der Waals surface area (Å²) in [7, 11) is 0. The Kier molecular flexibility index (Phi) is 3.99. The second-order valence-corrected chi connectivity index (χ2v) is 4.54. The second kappa shape index (κ2) is 5.68. The zero-order valence-corrected chi connectivity index (χ0v) is 10.1. The van der Waals surface area contributed by atoms with Crippen molar-refractivity contribution in [3.8, 4) is 0 Å². The van der Waals surface area contributed by atoms with Gasteiger partial charge in [-0.05, 0) is 12.1 Å². The molecule has 1 aromatic carbocycles. The van der Waals surface area contributed by atoms with Crippen LogP contribution in [0, 0.1) is 11.6 Å². The molecule has 2 aromatic rings. The number of hydrogen-bond donors (Lipinski definition) is 1. The molecule has 6 heteroatoms. The van der Waals surface area contributed by atoms with Crippen molar-refractivity contribution >= 4 is 17.2 Å². The molecule has 1 aromatic heterocycles. The van der Waals surface area contributed by atoms with Crippen LogP contribution >= 0.6 is 11.3 Å². The van der Waals surface area contributed by atoms with Gasteiger partial charge in [-0.25, -0.2) is 13.8 Å².